The Balaban J connectivity index is 2.13. The first-order valence-corrected chi connectivity index (χ1v) is 4.98. The van der Waals surface area contributed by atoms with Gasteiger partial charge in [-0.1, -0.05) is 6.92 Å². The van der Waals surface area contributed by atoms with E-state index in [9.17, 15) is 4.79 Å². The molecule has 1 amide bonds. The van der Waals surface area contributed by atoms with Crippen LogP contribution in [0.4, 0.5) is 0 Å². The number of amides is 1. The van der Waals surface area contributed by atoms with Gasteiger partial charge in [-0.25, -0.2) is 4.98 Å². The number of nitrogens with one attached hydrogen (secondary N) is 2. The monoisotopic (exact) mass is 212 g/mol. The lowest BCUT2D eigenvalue weighted by atomic mass is 10.1. The molecule has 15 heavy (non-hydrogen) atoms. The van der Waals surface area contributed by atoms with Crippen molar-refractivity contribution in [2.24, 2.45) is 5.92 Å². The number of aliphatic hydroxyl groups excluding tert-OH is 1. The average molecular weight is 212 g/mol. The van der Waals surface area contributed by atoms with Gasteiger partial charge in [0.05, 0.1) is 0 Å². The van der Waals surface area contributed by atoms with Crippen LogP contribution in [0.5, 0.6) is 0 Å². The van der Waals surface area contributed by atoms with Crippen molar-refractivity contribution in [1.29, 1.82) is 0 Å². The topological polar surface area (TPSA) is 90.9 Å². The Hall–Kier alpha value is -1.43. The third-order valence-electron chi connectivity index (χ3n) is 2.10. The van der Waals surface area contributed by atoms with E-state index in [2.05, 4.69) is 20.5 Å². The number of aliphatic hydroxyl groups is 1. The van der Waals surface area contributed by atoms with E-state index < -0.39 is 0 Å². The third-order valence-corrected chi connectivity index (χ3v) is 2.10. The van der Waals surface area contributed by atoms with Crippen molar-refractivity contribution in [3.05, 3.63) is 12.2 Å². The lowest BCUT2D eigenvalue weighted by Crippen LogP contribution is -2.26. The first-order valence-electron chi connectivity index (χ1n) is 4.98. The Bertz CT molecular complexity index is 286. The summed E-state index contributed by atoms with van der Waals surface area (Å²) in [5.41, 5.74) is 0. The van der Waals surface area contributed by atoms with E-state index in [4.69, 9.17) is 5.11 Å². The minimum absolute atomic E-state index is 0.191. The molecule has 3 N–H and O–H groups in total. The molecule has 0 aliphatic heterocycles. The quantitative estimate of drug-likeness (QED) is 0.576. The predicted molar refractivity (Wildman–Crippen MR) is 54.2 cm³/mol. The van der Waals surface area contributed by atoms with Gasteiger partial charge in [0.15, 0.2) is 0 Å². The first-order chi connectivity index (χ1) is 7.24. The number of hydrogen-bond acceptors (Lipinski definition) is 4. The second kappa shape index (κ2) is 6.13. The summed E-state index contributed by atoms with van der Waals surface area (Å²) in [6.45, 7) is 2.75. The molecule has 0 aromatic carbocycles. The van der Waals surface area contributed by atoms with Gasteiger partial charge in [0.2, 0.25) is 5.82 Å². The van der Waals surface area contributed by atoms with Gasteiger partial charge in [-0.2, -0.15) is 5.10 Å². The highest BCUT2D eigenvalue weighted by molar-refractivity contribution is 5.90. The van der Waals surface area contributed by atoms with E-state index in [1.54, 1.807) is 0 Å². The number of rotatable bonds is 6. The fraction of sp³-hybridized carbons (Fsp3) is 0.667. The molecule has 0 saturated carbocycles. The van der Waals surface area contributed by atoms with Gasteiger partial charge in [0, 0.05) is 13.2 Å². The zero-order valence-corrected chi connectivity index (χ0v) is 8.73. The highest BCUT2D eigenvalue weighted by atomic mass is 16.3. The van der Waals surface area contributed by atoms with Crippen LogP contribution < -0.4 is 5.32 Å². The van der Waals surface area contributed by atoms with Gasteiger partial charge in [-0.05, 0) is 18.8 Å². The number of aromatic amines is 1. The second-order valence-electron chi connectivity index (χ2n) is 3.52. The minimum Gasteiger partial charge on any atom is -0.396 e. The zero-order valence-electron chi connectivity index (χ0n) is 8.73. The molecular weight excluding hydrogens is 196 g/mol. The van der Waals surface area contributed by atoms with Gasteiger partial charge >= 0.3 is 0 Å². The number of H-pyrrole nitrogens is 1. The number of carbonyl (C=O) groups is 1. The Morgan fingerprint density at radius 2 is 2.53 bits per heavy atom. The number of carbonyl (C=O) groups excluding carboxylic acids is 1. The van der Waals surface area contributed by atoms with E-state index in [-0.39, 0.29) is 24.3 Å². The molecule has 0 fully saturated rings. The van der Waals surface area contributed by atoms with Crippen LogP contribution in [0.2, 0.25) is 0 Å². The molecule has 0 bridgehead atoms. The van der Waals surface area contributed by atoms with Crippen molar-refractivity contribution in [2.75, 3.05) is 13.2 Å². The minimum atomic E-state index is -0.246. The molecule has 6 heteroatoms. The third kappa shape index (κ3) is 4.07. The molecule has 0 aliphatic rings. The number of nitrogens with zero attached hydrogens (tertiary/aromatic N) is 2. The van der Waals surface area contributed by atoms with Crippen molar-refractivity contribution in [2.45, 2.75) is 19.8 Å². The Morgan fingerprint density at radius 1 is 1.73 bits per heavy atom. The van der Waals surface area contributed by atoms with Gasteiger partial charge < -0.3 is 10.4 Å². The molecule has 1 unspecified atom stereocenters. The van der Waals surface area contributed by atoms with E-state index in [0.29, 0.717) is 6.54 Å². The molecule has 1 aromatic rings. The molecule has 0 aliphatic carbocycles. The molecular formula is C9H16N4O2. The van der Waals surface area contributed by atoms with E-state index in [1.807, 2.05) is 6.92 Å². The Labute approximate surface area is 88.1 Å². The van der Waals surface area contributed by atoms with Gasteiger partial charge in [0.1, 0.15) is 6.33 Å². The van der Waals surface area contributed by atoms with E-state index in [1.165, 1.54) is 6.33 Å². The van der Waals surface area contributed by atoms with E-state index in [0.717, 1.165) is 12.8 Å². The molecule has 0 saturated heterocycles. The molecule has 84 valence electrons. The maximum Gasteiger partial charge on any atom is 0.288 e. The van der Waals surface area contributed by atoms with Crippen LogP contribution in [0.1, 0.15) is 30.4 Å². The number of aromatic nitrogens is 3. The highest BCUT2D eigenvalue weighted by Crippen LogP contribution is 2.02. The van der Waals surface area contributed by atoms with Crippen molar-refractivity contribution in [3.8, 4) is 0 Å². The normalized spacial score (nSPS) is 12.4. The van der Waals surface area contributed by atoms with Crippen LogP contribution in [0.15, 0.2) is 6.33 Å². The molecule has 0 radical (unpaired) electrons. The first kappa shape index (κ1) is 11.6. The Morgan fingerprint density at radius 3 is 3.13 bits per heavy atom. The highest BCUT2D eigenvalue weighted by Gasteiger charge is 2.07. The van der Waals surface area contributed by atoms with Crippen LogP contribution in [0.25, 0.3) is 0 Å². The summed E-state index contributed by atoms with van der Waals surface area (Å²) in [6.07, 6.45) is 3.04. The van der Waals surface area contributed by atoms with Crippen molar-refractivity contribution in [3.63, 3.8) is 0 Å². The summed E-state index contributed by atoms with van der Waals surface area (Å²) in [4.78, 5) is 15.1. The number of hydrogen-bond donors (Lipinski definition) is 3. The fourth-order valence-electron chi connectivity index (χ4n) is 1.14. The maximum atomic E-state index is 11.3. The molecule has 1 atom stereocenters. The van der Waals surface area contributed by atoms with Crippen LogP contribution in [0, 0.1) is 5.92 Å². The SMILES string of the molecule is CC(CO)CCCNC(=O)c1ncn[nH]1. The lowest BCUT2D eigenvalue weighted by molar-refractivity contribution is 0.0942. The summed E-state index contributed by atoms with van der Waals surface area (Å²) >= 11 is 0. The summed E-state index contributed by atoms with van der Waals surface area (Å²) in [6, 6.07) is 0. The summed E-state index contributed by atoms with van der Waals surface area (Å²) < 4.78 is 0. The molecule has 1 aromatic heterocycles. The lowest BCUT2D eigenvalue weighted by Gasteiger charge is -2.07. The molecule has 6 nitrogen and oxygen atoms in total. The van der Waals surface area contributed by atoms with Gasteiger partial charge in [-0.3, -0.25) is 9.89 Å². The fourth-order valence-corrected chi connectivity index (χ4v) is 1.14. The van der Waals surface area contributed by atoms with Crippen molar-refractivity contribution >= 4 is 5.91 Å². The smallest absolute Gasteiger partial charge is 0.288 e. The largest absolute Gasteiger partial charge is 0.396 e. The summed E-state index contributed by atoms with van der Waals surface area (Å²) in [7, 11) is 0. The van der Waals surface area contributed by atoms with Crippen molar-refractivity contribution < 1.29 is 9.90 Å². The van der Waals surface area contributed by atoms with Crippen LogP contribution >= 0.6 is 0 Å². The summed E-state index contributed by atoms with van der Waals surface area (Å²) in [5, 5.41) is 17.6. The molecule has 1 rings (SSSR count). The van der Waals surface area contributed by atoms with Gasteiger partial charge in [0.25, 0.3) is 5.91 Å². The molecule has 1 heterocycles. The predicted octanol–water partition coefficient (Wildman–Crippen LogP) is -0.0569. The molecule has 0 spiro atoms. The second-order valence-corrected chi connectivity index (χ2v) is 3.52. The van der Waals surface area contributed by atoms with Crippen LogP contribution in [0.3, 0.4) is 0 Å². The van der Waals surface area contributed by atoms with Crippen LogP contribution in [-0.4, -0.2) is 39.3 Å². The zero-order chi connectivity index (χ0) is 11.1. The average Bonchev–Trinajstić information content (AvgIpc) is 2.77. The van der Waals surface area contributed by atoms with E-state index >= 15 is 0 Å². The van der Waals surface area contributed by atoms with Crippen LogP contribution in [-0.2, 0) is 0 Å². The standard InChI is InChI=1S/C9H16N4O2/c1-7(5-14)3-2-4-10-9(15)8-11-6-12-13-8/h6-7,14H,2-5H2,1H3,(H,10,15)(H,11,12,13). The van der Waals surface area contributed by atoms with Crippen molar-refractivity contribution in [1.82, 2.24) is 20.5 Å². The Kier molecular flexibility index (Phi) is 4.76. The summed E-state index contributed by atoms with van der Waals surface area (Å²) in [5.74, 6) is 0.265. The van der Waals surface area contributed by atoms with Gasteiger partial charge in [-0.15, -0.1) is 0 Å². The maximum absolute atomic E-state index is 11.3.